The van der Waals surface area contributed by atoms with Gasteiger partial charge in [-0.3, -0.25) is 0 Å². The highest BCUT2D eigenvalue weighted by atomic mass is 16.5. The molecule has 1 rings (SSSR count). The van der Waals surface area contributed by atoms with Crippen molar-refractivity contribution >= 4 is 12.0 Å². The van der Waals surface area contributed by atoms with Gasteiger partial charge in [0.1, 0.15) is 6.04 Å². The third-order valence-electron chi connectivity index (χ3n) is 2.17. The Kier molecular flexibility index (Phi) is 3.87. The number of nitrogens with one attached hydrogen (secondary N) is 1. The van der Waals surface area contributed by atoms with Gasteiger partial charge in [0.15, 0.2) is 5.82 Å². The number of aromatic nitrogens is 2. The van der Waals surface area contributed by atoms with Crippen LogP contribution in [-0.2, 0) is 4.79 Å². The second-order valence-electron chi connectivity index (χ2n) is 4.32. The Morgan fingerprint density at radius 1 is 1.38 bits per heavy atom. The molecule has 0 aliphatic heterocycles. The van der Waals surface area contributed by atoms with Crippen molar-refractivity contribution in [2.75, 3.05) is 5.32 Å². The van der Waals surface area contributed by atoms with Gasteiger partial charge in [-0.15, -0.1) is 0 Å². The molecule has 1 aromatic heterocycles. The van der Waals surface area contributed by atoms with Crippen molar-refractivity contribution in [1.82, 2.24) is 10.1 Å². The van der Waals surface area contributed by atoms with Crippen LogP contribution in [0.2, 0.25) is 0 Å². The van der Waals surface area contributed by atoms with Crippen LogP contribution >= 0.6 is 0 Å². The number of carboxylic acid groups (broad SMARTS) is 1. The molecule has 0 unspecified atom stereocenters. The topological polar surface area (TPSA) is 88.2 Å². The lowest BCUT2D eigenvalue weighted by molar-refractivity contribution is -0.138. The van der Waals surface area contributed by atoms with Crippen LogP contribution in [0.3, 0.4) is 0 Å². The van der Waals surface area contributed by atoms with E-state index < -0.39 is 12.0 Å². The Bertz CT molecular complexity index is 360. The summed E-state index contributed by atoms with van der Waals surface area (Å²) >= 11 is 0. The molecule has 2 N–H and O–H groups in total. The van der Waals surface area contributed by atoms with E-state index in [2.05, 4.69) is 15.5 Å². The summed E-state index contributed by atoms with van der Waals surface area (Å²) in [6.45, 7) is 7.49. The SMILES string of the molecule is CC(C)c1noc(N[C@H](C(=O)O)C(C)C)n1. The summed E-state index contributed by atoms with van der Waals surface area (Å²) in [4.78, 5) is 15.0. The zero-order chi connectivity index (χ0) is 12.3. The summed E-state index contributed by atoms with van der Waals surface area (Å²) in [7, 11) is 0. The molecule has 0 saturated heterocycles. The van der Waals surface area contributed by atoms with Crippen LogP contribution in [0, 0.1) is 5.92 Å². The van der Waals surface area contributed by atoms with Crippen LogP contribution in [0.15, 0.2) is 4.52 Å². The minimum absolute atomic E-state index is 0.0631. The number of carbonyl (C=O) groups is 1. The first-order chi connectivity index (χ1) is 7.41. The van der Waals surface area contributed by atoms with Gasteiger partial charge in [0, 0.05) is 5.92 Å². The van der Waals surface area contributed by atoms with Gasteiger partial charge in [-0.05, 0) is 5.92 Å². The first-order valence-electron chi connectivity index (χ1n) is 5.24. The molecule has 0 radical (unpaired) electrons. The Labute approximate surface area is 94.0 Å². The van der Waals surface area contributed by atoms with E-state index in [1.54, 1.807) is 0 Å². The summed E-state index contributed by atoms with van der Waals surface area (Å²) in [5.41, 5.74) is 0. The van der Waals surface area contributed by atoms with Gasteiger partial charge in [0.2, 0.25) is 0 Å². The predicted octanol–water partition coefficient (Wildman–Crippen LogP) is 1.71. The molecule has 1 aromatic rings. The molecule has 6 nitrogen and oxygen atoms in total. The highest BCUT2D eigenvalue weighted by molar-refractivity contribution is 5.76. The summed E-state index contributed by atoms with van der Waals surface area (Å²) in [6, 6.07) is -0.565. The molecular weight excluding hydrogens is 210 g/mol. The average molecular weight is 227 g/mol. The number of nitrogens with zero attached hydrogens (tertiary/aromatic N) is 2. The fourth-order valence-corrected chi connectivity index (χ4v) is 1.17. The molecule has 90 valence electrons. The Morgan fingerprint density at radius 2 is 2.00 bits per heavy atom. The second kappa shape index (κ2) is 4.96. The highest BCUT2D eigenvalue weighted by Gasteiger charge is 2.23. The molecule has 0 aromatic carbocycles. The van der Waals surface area contributed by atoms with E-state index in [-0.39, 0.29) is 17.9 Å². The average Bonchev–Trinajstić information content (AvgIpc) is 2.61. The van der Waals surface area contributed by atoms with Crippen molar-refractivity contribution in [3.63, 3.8) is 0 Å². The molecule has 0 spiro atoms. The van der Waals surface area contributed by atoms with E-state index in [4.69, 9.17) is 9.63 Å². The third kappa shape index (κ3) is 2.95. The third-order valence-corrected chi connectivity index (χ3v) is 2.17. The van der Waals surface area contributed by atoms with Gasteiger partial charge in [0.05, 0.1) is 0 Å². The molecule has 6 heteroatoms. The quantitative estimate of drug-likeness (QED) is 0.796. The minimum Gasteiger partial charge on any atom is -0.480 e. The number of rotatable bonds is 5. The first kappa shape index (κ1) is 12.5. The Morgan fingerprint density at radius 3 is 2.38 bits per heavy atom. The summed E-state index contributed by atoms with van der Waals surface area (Å²) in [6.07, 6.45) is 0. The Hall–Kier alpha value is -1.59. The lowest BCUT2D eigenvalue weighted by Crippen LogP contribution is -2.34. The molecule has 1 heterocycles. The number of carboxylic acids is 1. The molecule has 0 fully saturated rings. The molecule has 0 saturated carbocycles. The van der Waals surface area contributed by atoms with E-state index in [1.807, 2.05) is 27.7 Å². The van der Waals surface area contributed by atoms with E-state index >= 15 is 0 Å². The van der Waals surface area contributed by atoms with E-state index in [0.29, 0.717) is 5.82 Å². The maximum Gasteiger partial charge on any atom is 0.326 e. The summed E-state index contributed by atoms with van der Waals surface area (Å²) in [5, 5.41) is 15.4. The molecule has 1 atom stereocenters. The molecule has 0 aliphatic carbocycles. The maximum atomic E-state index is 10.9. The van der Waals surface area contributed by atoms with Crippen LogP contribution in [0.5, 0.6) is 0 Å². The minimum atomic E-state index is -0.931. The van der Waals surface area contributed by atoms with Crippen LogP contribution in [0.4, 0.5) is 6.01 Å². The van der Waals surface area contributed by atoms with Crippen LogP contribution in [0.25, 0.3) is 0 Å². The van der Waals surface area contributed by atoms with Crippen LogP contribution in [0.1, 0.15) is 39.4 Å². The fourth-order valence-electron chi connectivity index (χ4n) is 1.17. The van der Waals surface area contributed by atoms with Gasteiger partial charge in [-0.2, -0.15) is 4.98 Å². The number of hydrogen-bond donors (Lipinski definition) is 2. The monoisotopic (exact) mass is 227 g/mol. The molecule has 0 bridgehead atoms. The lowest BCUT2D eigenvalue weighted by atomic mass is 10.1. The van der Waals surface area contributed by atoms with Gasteiger partial charge in [0.25, 0.3) is 0 Å². The highest BCUT2D eigenvalue weighted by Crippen LogP contribution is 2.15. The number of hydrogen-bond acceptors (Lipinski definition) is 5. The number of aliphatic carboxylic acids is 1. The standard InChI is InChI=1S/C10H17N3O3/c1-5(2)7(9(14)15)11-10-12-8(6(3)4)13-16-10/h5-7H,1-4H3,(H,14,15)(H,11,12,13)/t7-/m0/s1. The van der Waals surface area contributed by atoms with Crippen molar-refractivity contribution in [1.29, 1.82) is 0 Å². The zero-order valence-electron chi connectivity index (χ0n) is 9.89. The van der Waals surface area contributed by atoms with Crippen LogP contribution in [-0.4, -0.2) is 27.3 Å². The van der Waals surface area contributed by atoms with Gasteiger partial charge in [-0.1, -0.05) is 32.9 Å². The molecular formula is C10H17N3O3. The largest absolute Gasteiger partial charge is 0.480 e. The fraction of sp³-hybridized carbons (Fsp3) is 0.700. The van der Waals surface area contributed by atoms with Crippen molar-refractivity contribution < 1.29 is 14.4 Å². The molecule has 16 heavy (non-hydrogen) atoms. The Balaban J connectivity index is 2.74. The summed E-state index contributed by atoms with van der Waals surface area (Å²) in [5.74, 6) is -0.275. The predicted molar refractivity (Wildman–Crippen MR) is 58.3 cm³/mol. The van der Waals surface area contributed by atoms with Crippen molar-refractivity contribution in [3.8, 4) is 0 Å². The lowest BCUT2D eigenvalue weighted by Gasteiger charge is -2.15. The summed E-state index contributed by atoms with van der Waals surface area (Å²) < 4.78 is 4.92. The normalized spacial score (nSPS) is 13.1. The zero-order valence-corrected chi connectivity index (χ0v) is 9.89. The van der Waals surface area contributed by atoms with Crippen molar-refractivity contribution in [2.24, 2.45) is 5.92 Å². The first-order valence-corrected chi connectivity index (χ1v) is 5.24. The van der Waals surface area contributed by atoms with E-state index in [1.165, 1.54) is 0 Å². The molecule has 0 aliphatic rings. The second-order valence-corrected chi connectivity index (χ2v) is 4.32. The van der Waals surface area contributed by atoms with Gasteiger partial charge in [-0.25, -0.2) is 4.79 Å². The van der Waals surface area contributed by atoms with Gasteiger partial charge < -0.3 is 14.9 Å². The maximum absolute atomic E-state index is 10.9. The van der Waals surface area contributed by atoms with Gasteiger partial charge >= 0.3 is 12.0 Å². The van der Waals surface area contributed by atoms with Crippen molar-refractivity contribution in [3.05, 3.63) is 5.82 Å². The number of anilines is 1. The van der Waals surface area contributed by atoms with E-state index in [9.17, 15) is 4.79 Å². The van der Waals surface area contributed by atoms with Crippen LogP contribution < -0.4 is 5.32 Å². The van der Waals surface area contributed by atoms with Crippen molar-refractivity contribution in [2.45, 2.75) is 39.7 Å². The smallest absolute Gasteiger partial charge is 0.326 e. The molecule has 0 amide bonds. The van der Waals surface area contributed by atoms with E-state index in [0.717, 1.165) is 0 Å².